The molecule has 154 valence electrons. The summed E-state index contributed by atoms with van der Waals surface area (Å²) >= 11 is 0. The van der Waals surface area contributed by atoms with E-state index in [0.717, 1.165) is 24.4 Å². The summed E-state index contributed by atoms with van der Waals surface area (Å²) in [6.45, 7) is 5.66. The van der Waals surface area contributed by atoms with Crippen molar-refractivity contribution in [2.45, 2.75) is 136 Å². The summed E-state index contributed by atoms with van der Waals surface area (Å²) in [5, 5.41) is 0. The van der Waals surface area contributed by atoms with Gasteiger partial charge in [-0.1, -0.05) is 90.9 Å². The highest BCUT2D eigenvalue weighted by atomic mass is 16.5. The zero-order chi connectivity index (χ0) is 18.5. The summed E-state index contributed by atoms with van der Waals surface area (Å²) in [5.74, 6) is 3.07. The van der Waals surface area contributed by atoms with E-state index in [2.05, 4.69) is 13.8 Å². The van der Waals surface area contributed by atoms with E-state index in [9.17, 15) is 0 Å². The van der Waals surface area contributed by atoms with Crippen LogP contribution in [0.5, 0.6) is 0 Å². The highest BCUT2D eigenvalue weighted by Crippen LogP contribution is 2.34. The van der Waals surface area contributed by atoms with E-state index in [1.807, 2.05) is 0 Å². The van der Waals surface area contributed by atoms with Gasteiger partial charge in [0, 0.05) is 6.61 Å². The summed E-state index contributed by atoms with van der Waals surface area (Å²) < 4.78 is 6.21. The summed E-state index contributed by atoms with van der Waals surface area (Å²) in [7, 11) is 0. The molecule has 0 aromatic rings. The molecule has 0 aromatic heterocycles. The van der Waals surface area contributed by atoms with E-state index in [1.165, 1.54) is 116 Å². The molecule has 2 fully saturated rings. The molecule has 0 spiro atoms. The third-order valence-corrected chi connectivity index (χ3v) is 7.28. The van der Waals surface area contributed by atoms with Crippen LogP contribution in [0.2, 0.25) is 0 Å². The number of hydrogen-bond acceptors (Lipinski definition) is 1. The van der Waals surface area contributed by atoms with E-state index >= 15 is 0 Å². The molecule has 2 rings (SSSR count). The molecule has 2 aliphatic rings. The zero-order valence-electron chi connectivity index (χ0n) is 18.2. The lowest BCUT2D eigenvalue weighted by Crippen LogP contribution is -2.22. The van der Waals surface area contributed by atoms with Crippen molar-refractivity contribution in [1.82, 2.24) is 0 Å². The van der Waals surface area contributed by atoms with Gasteiger partial charge in [-0.05, 0) is 56.3 Å². The minimum atomic E-state index is 0.589. The molecule has 0 saturated heterocycles. The molecular weight excluding hydrogens is 316 g/mol. The maximum absolute atomic E-state index is 6.21. The second-order valence-corrected chi connectivity index (χ2v) is 9.53. The van der Waals surface area contributed by atoms with Crippen molar-refractivity contribution in [2.75, 3.05) is 6.61 Å². The van der Waals surface area contributed by atoms with Gasteiger partial charge in [0.15, 0.2) is 0 Å². The Morgan fingerprint density at radius 1 is 0.538 bits per heavy atom. The van der Waals surface area contributed by atoms with Gasteiger partial charge in [-0.15, -0.1) is 0 Å². The molecule has 0 heterocycles. The van der Waals surface area contributed by atoms with Crippen LogP contribution in [-0.4, -0.2) is 12.7 Å². The van der Waals surface area contributed by atoms with Crippen LogP contribution in [0, 0.1) is 17.8 Å². The van der Waals surface area contributed by atoms with E-state index in [-0.39, 0.29) is 0 Å². The smallest absolute Gasteiger partial charge is 0.0575 e. The Kier molecular flexibility index (Phi) is 12.0. The second kappa shape index (κ2) is 14.0. The highest BCUT2D eigenvalue weighted by molar-refractivity contribution is 4.74. The average molecular weight is 365 g/mol. The summed E-state index contributed by atoms with van der Waals surface area (Å²) in [6.07, 6.45) is 26.4. The van der Waals surface area contributed by atoms with Gasteiger partial charge < -0.3 is 4.74 Å². The van der Waals surface area contributed by atoms with Crippen LogP contribution in [0.4, 0.5) is 0 Å². The summed E-state index contributed by atoms with van der Waals surface area (Å²) in [6, 6.07) is 0. The summed E-state index contributed by atoms with van der Waals surface area (Å²) in [4.78, 5) is 0. The number of rotatable bonds is 13. The fourth-order valence-corrected chi connectivity index (χ4v) is 5.46. The minimum absolute atomic E-state index is 0.589. The molecule has 0 aliphatic heterocycles. The van der Waals surface area contributed by atoms with Crippen LogP contribution in [0.25, 0.3) is 0 Å². The average Bonchev–Trinajstić information content (AvgIpc) is 2.68. The molecule has 2 saturated carbocycles. The van der Waals surface area contributed by atoms with Gasteiger partial charge >= 0.3 is 0 Å². The number of unbranched alkanes of at least 4 members (excludes halogenated alkanes) is 4. The second-order valence-electron chi connectivity index (χ2n) is 9.53. The van der Waals surface area contributed by atoms with Gasteiger partial charge in [0.2, 0.25) is 0 Å². The molecule has 0 atom stereocenters. The van der Waals surface area contributed by atoms with E-state index in [0.29, 0.717) is 6.10 Å². The van der Waals surface area contributed by atoms with Gasteiger partial charge in [-0.2, -0.15) is 0 Å². The molecule has 1 heteroatoms. The monoisotopic (exact) mass is 364 g/mol. The van der Waals surface area contributed by atoms with Gasteiger partial charge in [-0.3, -0.25) is 0 Å². The van der Waals surface area contributed by atoms with Crippen LogP contribution in [0.1, 0.15) is 129 Å². The van der Waals surface area contributed by atoms with Gasteiger partial charge in [-0.25, -0.2) is 0 Å². The Bertz CT molecular complexity index is 310. The topological polar surface area (TPSA) is 9.23 Å². The molecule has 0 radical (unpaired) electrons. The quantitative estimate of drug-likeness (QED) is 0.298. The van der Waals surface area contributed by atoms with Gasteiger partial charge in [0.25, 0.3) is 0 Å². The maximum atomic E-state index is 6.21. The van der Waals surface area contributed by atoms with Crippen LogP contribution in [0.3, 0.4) is 0 Å². The predicted molar refractivity (Wildman–Crippen MR) is 115 cm³/mol. The Balaban J connectivity index is 1.42. The van der Waals surface area contributed by atoms with E-state index < -0.39 is 0 Å². The Labute approximate surface area is 165 Å². The van der Waals surface area contributed by atoms with Gasteiger partial charge in [0.05, 0.1) is 6.10 Å². The lowest BCUT2D eigenvalue weighted by molar-refractivity contribution is 0.0133. The van der Waals surface area contributed by atoms with Crippen molar-refractivity contribution in [2.24, 2.45) is 17.8 Å². The summed E-state index contributed by atoms with van der Waals surface area (Å²) in [5.41, 5.74) is 0. The molecule has 0 amide bonds. The number of hydrogen-bond donors (Lipinski definition) is 0. The van der Waals surface area contributed by atoms with Crippen molar-refractivity contribution in [3.8, 4) is 0 Å². The van der Waals surface area contributed by atoms with Crippen molar-refractivity contribution in [1.29, 1.82) is 0 Å². The molecule has 0 aromatic carbocycles. The lowest BCUT2D eigenvalue weighted by atomic mass is 9.78. The largest absolute Gasteiger partial charge is 0.378 e. The minimum Gasteiger partial charge on any atom is -0.378 e. The van der Waals surface area contributed by atoms with Crippen LogP contribution >= 0.6 is 0 Å². The third-order valence-electron chi connectivity index (χ3n) is 7.28. The van der Waals surface area contributed by atoms with E-state index in [4.69, 9.17) is 4.74 Å². The third kappa shape index (κ3) is 9.25. The zero-order valence-corrected chi connectivity index (χ0v) is 18.2. The van der Waals surface area contributed by atoms with Gasteiger partial charge in [0.1, 0.15) is 0 Å². The first-order valence-electron chi connectivity index (χ1n) is 12.4. The predicted octanol–water partition coefficient (Wildman–Crippen LogP) is 8.31. The highest BCUT2D eigenvalue weighted by Gasteiger charge is 2.22. The molecule has 2 aliphatic carbocycles. The standard InChI is InChI=1S/C25H48O/c1-3-5-6-7-8-11-23-13-15-24(16-14-23)12-9-21-26-25-19-17-22(10-4-2)18-20-25/h22-25H,3-21H2,1-2H3/t22-,23-,24-,25-. The fraction of sp³-hybridized carbons (Fsp3) is 1.00. The Morgan fingerprint density at radius 2 is 1.08 bits per heavy atom. The maximum Gasteiger partial charge on any atom is 0.0575 e. The van der Waals surface area contributed by atoms with Crippen molar-refractivity contribution in [3.05, 3.63) is 0 Å². The molecular formula is C25H48O. The van der Waals surface area contributed by atoms with E-state index in [1.54, 1.807) is 0 Å². The van der Waals surface area contributed by atoms with Crippen molar-refractivity contribution < 1.29 is 4.74 Å². The molecule has 26 heavy (non-hydrogen) atoms. The first kappa shape index (κ1) is 22.3. The van der Waals surface area contributed by atoms with Crippen molar-refractivity contribution >= 4 is 0 Å². The van der Waals surface area contributed by atoms with Crippen LogP contribution in [0.15, 0.2) is 0 Å². The first-order chi connectivity index (χ1) is 12.8. The number of ether oxygens (including phenoxy) is 1. The SMILES string of the molecule is CCCCCCC[C@H]1CC[C@H](CCCO[C@H]2CC[C@H](CCC)CC2)CC1. The Hall–Kier alpha value is -0.0400. The molecule has 0 N–H and O–H groups in total. The Morgan fingerprint density at radius 3 is 1.69 bits per heavy atom. The molecule has 1 nitrogen and oxygen atoms in total. The van der Waals surface area contributed by atoms with Crippen LogP contribution in [-0.2, 0) is 4.74 Å². The molecule has 0 bridgehead atoms. The van der Waals surface area contributed by atoms with Crippen LogP contribution < -0.4 is 0 Å². The fourth-order valence-electron chi connectivity index (χ4n) is 5.46. The van der Waals surface area contributed by atoms with Crippen molar-refractivity contribution in [3.63, 3.8) is 0 Å². The molecule has 0 unspecified atom stereocenters. The lowest BCUT2D eigenvalue weighted by Gasteiger charge is -2.30. The first-order valence-corrected chi connectivity index (χ1v) is 12.4. The normalized spacial score (nSPS) is 29.8.